The first-order valence-corrected chi connectivity index (χ1v) is 4.38. The van der Waals surface area contributed by atoms with E-state index in [1.807, 2.05) is 13.8 Å². The van der Waals surface area contributed by atoms with Crippen molar-refractivity contribution in [2.45, 2.75) is 33.1 Å². The highest BCUT2D eigenvalue weighted by Crippen LogP contribution is 2.47. The molecule has 1 saturated carbocycles. The molecule has 0 amide bonds. The summed E-state index contributed by atoms with van der Waals surface area (Å²) in [6, 6.07) is 2.09. The molecule has 2 nitrogen and oxygen atoms in total. The summed E-state index contributed by atoms with van der Waals surface area (Å²) in [5.41, 5.74) is -1.26. The quantitative estimate of drug-likeness (QED) is 0.571. The topological polar surface area (TPSA) is 40.9 Å². The largest absolute Gasteiger partial charge is 0.297 e. The molecule has 0 heterocycles. The van der Waals surface area contributed by atoms with Gasteiger partial charge >= 0.3 is 0 Å². The first-order valence-electron chi connectivity index (χ1n) is 4.38. The number of rotatable bonds is 1. The lowest BCUT2D eigenvalue weighted by Crippen LogP contribution is -2.30. The van der Waals surface area contributed by atoms with E-state index in [2.05, 4.69) is 12.0 Å². The Hall–Kier alpha value is -1.28. The number of nitrogens with zero attached hydrogens (tertiary/aromatic N) is 1. The van der Waals surface area contributed by atoms with Crippen molar-refractivity contribution in [2.75, 3.05) is 0 Å². The van der Waals surface area contributed by atoms with Crippen LogP contribution in [-0.4, -0.2) is 5.78 Å². The van der Waals surface area contributed by atoms with Crippen LogP contribution in [0.4, 0.5) is 0 Å². The van der Waals surface area contributed by atoms with Gasteiger partial charge in [0.2, 0.25) is 0 Å². The average Bonchev–Trinajstić information content (AvgIpc) is 2.31. The van der Waals surface area contributed by atoms with Gasteiger partial charge in [-0.05, 0) is 12.8 Å². The molecular formula is C11H13NO. The highest BCUT2D eigenvalue weighted by molar-refractivity contribution is 5.94. The molecule has 0 saturated heterocycles. The maximum atomic E-state index is 11.9. The van der Waals surface area contributed by atoms with Gasteiger partial charge in [0.1, 0.15) is 5.41 Å². The molecule has 1 atom stereocenters. The van der Waals surface area contributed by atoms with Crippen LogP contribution in [0.5, 0.6) is 0 Å². The molecule has 68 valence electrons. The fraction of sp³-hybridized carbons (Fsp3) is 0.636. The molecule has 13 heavy (non-hydrogen) atoms. The number of carbonyl (C=O) groups is 1. The van der Waals surface area contributed by atoms with Crippen molar-refractivity contribution in [3.8, 4) is 18.4 Å². The Kier molecular flexibility index (Phi) is 2.18. The van der Waals surface area contributed by atoms with Crippen LogP contribution in [0.2, 0.25) is 0 Å². The summed E-state index contributed by atoms with van der Waals surface area (Å²) in [4.78, 5) is 11.9. The molecule has 2 heteroatoms. The van der Waals surface area contributed by atoms with Gasteiger partial charge in [-0.2, -0.15) is 5.26 Å². The third kappa shape index (κ3) is 1.33. The molecule has 1 fully saturated rings. The van der Waals surface area contributed by atoms with Gasteiger partial charge in [-0.3, -0.25) is 4.79 Å². The smallest absolute Gasteiger partial charge is 0.159 e. The molecule has 0 aromatic heterocycles. The number of terminal acetylenes is 1. The van der Waals surface area contributed by atoms with Crippen LogP contribution in [0.3, 0.4) is 0 Å². The summed E-state index contributed by atoms with van der Waals surface area (Å²) < 4.78 is 0. The number of nitriles is 1. The second-order valence-corrected chi connectivity index (χ2v) is 4.29. The molecule has 1 aliphatic carbocycles. The van der Waals surface area contributed by atoms with E-state index in [0.717, 1.165) is 6.42 Å². The van der Waals surface area contributed by atoms with Crippen LogP contribution in [0.15, 0.2) is 0 Å². The maximum Gasteiger partial charge on any atom is 0.159 e. The van der Waals surface area contributed by atoms with Crippen LogP contribution in [-0.2, 0) is 4.79 Å². The minimum absolute atomic E-state index is 0.0143. The Morgan fingerprint density at radius 2 is 2.15 bits per heavy atom. The number of carbonyl (C=O) groups excluding carboxylic acids is 1. The highest BCUT2D eigenvalue weighted by atomic mass is 16.1. The van der Waals surface area contributed by atoms with Gasteiger partial charge in [0.05, 0.1) is 6.07 Å². The Bertz CT molecular complexity index is 316. The summed E-state index contributed by atoms with van der Waals surface area (Å²) in [5.74, 6) is 2.44. The summed E-state index contributed by atoms with van der Waals surface area (Å²) in [6.45, 7) is 3.76. The maximum absolute atomic E-state index is 11.9. The Morgan fingerprint density at radius 3 is 2.46 bits per heavy atom. The first kappa shape index (κ1) is 9.81. The van der Waals surface area contributed by atoms with E-state index >= 15 is 0 Å². The minimum Gasteiger partial charge on any atom is -0.297 e. The normalized spacial score (nSPS) is 30.9. The molecule has 1 unspecified atom stereocenters. The second-order valence-electron chi connectivity index (χ2n) is 4.29. The van der Waals surface area contributed by atoms with Crippen LogP contribution >= 0.6 is 0 Å². The molecular weight excluding hydrogens is 162 g/mol. The van der Waals surface area contributed by atoms with Crippen LogP contribution in [0.25, 0.3) is 0 Å². The Balaban J connectivity index is 3.03. The number of hydrogen-bond donors (Lipinski definition) is 0. The summed E-state index contributed by atoms with van der Waals surface area (Å²) in [6.07, 6.45) is 6.80. The van der Waals surface area contributed by atoms with E-state index in [1.165, 1.54) is 0 Å². The number of ketones is 1. The molecule has 1 rings (SSSR count). The van der Waals surface area contributed by atoms with Gasteiger partial charge in [0.15, 0.2) is 5.78 Å². The van der Waals surface area contributed by atoms with Crippen molar-refractivity contribution >= 4 is 5.78 Å². The van der Waals surface area contributed by atoms with Gasteiger partial charge in [0, 0.05) is 11.8 Å². The second kappa shape index (κ2) is 2.89. The van der Waals surface area contributed by atoms with E-state index in [4.69, 9.17) is 11.7 Å². The van der Waals surface area contributed by atoms with Crippen LogP contribution in [0, 0.1) is 34.5 Å². The van der Waals surface area contributed by atoms with Crippen molar-refractivity contribution in [3.63, 3.8) is 0 Å². The highest BCUT2D eigenvalue weighted by Gasteiger charge is 2.51. The zero-order valence-corrected chi connectivity index (χ0v) is 8.05. The van der Waals surface area contributed by atoms with Crippen molar-refractivity contribution in [3.05, 3.63) is 0 Å². The molecule has 0 aliphatic heterocycles. The van der Waals surface area contributed by atoms with E-state index in [0.29, 0.717) is 6.42 Å². The van der Waals surface area contributed by atoms with E-state index in [1.54, 1.807) is 0 Å². The monoisotopic (exact) mass is 175 g/mol. The van der Waals surface area contributed by atoms with Gasteiger partial charge in [-0.1, -0.05) is 13.8 Å². The molecule has 0 aromatic rings. The Labute approximate surface area is 78.9 Å². The Morgan fingerprint density at radius 1 is 1.54 bits per heavy atom. The third-order valence-electron chi connectivity index (χ3n) is 2.84. The van der Waals surface area contributed by atoms with E-state index < -0.39 is 5.41 Å². The van der Waals surface area contributed by atoms with Gasteiger partial charge in [0.25, 0.3) is 0 Å². The molecule has 0 bridgehead atoms. The molecule has 0 N–H and O–H groups in total. The van der Waals surface area contributed by atoms with Crippen molar-refractivity contribution in [2.24, 2.45) is 10.8 Å². The van der Waals surface area contributed by atoms with Crippen LogP contribution in [0.1, 0.15) is 33.1 Å². The predicted molar refractivity (Wildman–Crippen MR) is 49.5 cm³/mol. The lowest BCUT2D eigenvalue weighted by atomic mass is 9.79. The zero-order chi connectivity index (χ0) is 10.1. The summed E-state index contributed by atoms with van der Waals surface area (Å²) in [7, 11) is 0. The lowest BCUT2D eigenvalue weighted by molar-refractivity contribution is -0.129. The number of hydrogen-bond acceptors (Lipinski definition) is 2. The fourth-order valence-electron chi connectivity index (χ4n) is 1.89. The van der Waals surface area contributed by atoms with Crippen molar-refractivity contribution in [1.82, 2.24) is 0 Å². The minimum atomic E-state index is -0.891. The predicted octanol–water partition coefficient (Wildman–Crippen LogP) is 1.91. The SMILES string of the molecule is C#CCC1(C#N)CCC(C)(C)C1=O. The van der Waals surface area contributed by atoms with Gasteiger partial charge in [-0.15, -0.1) is 12.3 Å². The van der Waals surface area contributed by atoms with E-state index in [9.17, 15) is 4.79 Å². The van der Waals surface area contributed by atoms with Crippen molar-refractivity contribution in [1.29, 1.82) is 5.26 Å². The van der Waals surface area contributed by atoms with Gasteiger partial charge in [-0.25, -0.2) is 0 Å². The molecule has 0 radical (unpaired) electrons. The van der Waals surface area contributed by atoms with Gasteiger partial charge < -0.3 is 0 Å². The lowest BCUT2D eigenvalue weighted by Gasteiger charge is -2.19. The zero-order valence-electron chi connectivity index (χ0n) is 8.05. The number of Topliss-reactive ketones (excluding diaryl/α,β-unsaturated/α-hetero) is 1. The molecule has 0 spiro atoms. The average molecular weight is 175 g/mol. The van der Waals surface area contributed by atoms with Crippen LogP contribution < -0.4 is 0 Å². The standard InChI is InChI=1S/C11H13NO/c1-4-5-11(8-12)7-6-10(2,3)9(11)13/h1H,5-7H2,2-3H3. The summed E-state index contributed by atoms with van der Waals surface area (Å²) in [5, 5.41) is 8.98. The summed E-state index contributed by atoms with van der Waals surface area (Å²) >= 11 is 0. The van der Waals surface area contributed by atoms with Crippen molar-refractivity contribution < 1.29 is 4.79 Å². The first-order chi connectivity index (χ1) is 5.98. The third-order valence-corrected chi connectivity index (χ3v) is 2.84. The van der Waals surface area contributed by atoms with E-state index in [-0.39, 0.29) is 17.6 Å². The molecule has 0 aromatic carbocycles. The fourth-order valence-corrected chi connectivity index (χ4v) is 1.89. The molecule has 1 aliphatic rings.